The fraction of sp³-hybridized carbons (Fsp3) is 0.0233. The molecule has 0 atom stereocenters. The number of nitrogens with zero attached hydrogens (tertiary/aromatic N) is 5. The summed E-state index contributed by atoms with van der Waals surface area (Å²) < 4.78 is 13.8. The number of hydrogen-bond donors (Lipinski definition) is 0. The number of benzene rings is 6. The van der Waals surface area contributed by atoms with Crippen molar-refractivity contribution in [2.24, 2.45) is 7.05 Å². The van der Waals surface area contributed by atoms with Gasteiger partial charge in [-0.1, -0.05) is 84.9 Å². The minimum atomic E-state index is 0.732. The Morgan fingerprint density at radius 2 is 1.24 bits per heavy atom. The van der Waals surface area contributed by atoms with Crippen LogP contribution in [-0.2, 0) is 7.05 Å². The van der Waals surface area contributed by atoms with Gasteiger partial charge in [0, 0.05) is 52.1 Å². The van der Waals surface area contributed by atoms with Crippen molar-refractivity contribution in [3.63, 3.8) is 0 Å². The maximum absolute atomic E-state index is 7.06. The molecular weight excluding hydrogens is 603 g/mol. The highest BCUT2D eigenvalue weighted by atomic mass is 16.5. The lowest BCUT2D eigenvalue weighted by molar-refractivity contribution is 0.487. The van der Waals surface area contributed by atoms with E-state index in [4.69, 9.17) is 14.7 Å². The van der Waals surface area contributed by atoms with Gasteiger partial charge in [0.1, 0.15) is 17.4 Å². The van der Waals surface area contributed by atoms with Gasteiger partial charge < -0.3 is 13.9 Å². The highest BCUT2D eigenvalue weighted by Crippen LogP contribution is 2.47. The summed E-state index contributed by atoms with van der Waals surface area (Å²) in [5.41, 5.74) is 8.36. The first-order valence-corrected chi connectivity index (χ1v) is 16.4. The second-order valence-corrected chi connectivity index (χ2v) is 12.3. The lowest BCUT2D eigenvalue weighted by atomic mass is 10.0. The van der Waals surface area contributed by atoms with Crippen molar-refractivity contribution in [3.05, 3.63) is 158 Å². The van der Waals surface area contributed by atoms with E-state index in [1.807, 2.05) is 48.7 Å². The second-order valence-electron chi connectivity index (χ2n) is 12.3. The number of imidazole rings is 1. The van der Waals surface area contributed by atoms with Gasteiger partial charge in [0.25, 0.3) is 0 Å². The molecule has 0 saturated heterocycles. The third-order valence-corrected chi connectivity index (χ3v) is 9.54. The smallest absolute Gasteiger partial charge is 0.154 e. The van der Waals surface area contributed by atoms with Crippen LogP contribution in [0.15, 0.2) is 158 Å². The van der Waals surface area contributed by atoms with Gasteiger partial charge in [0.05, 0.1) is 33.1 Å². The Hall–Kier alpha value is -6.66. The Morgan fingerprint density at radius 3 is 2.02 bits per heavy atom. The maximum Gasteiger partial charge on any atom is 0.154 e. The molecule has 232 valence electrons. The average Bonchev–Trinajstić information content (AvgIpc) is 3.80. The third-order valence-electron chi connectivity index (χ3n) is 9.54. The molecule has 0 bridgehead atoms. The first-order chi connectivity index (χ1) is 24.2. The van der Waals surface area contributed by atoms with Crippen LogP contribution in [0.4, 0.5) is 0 Å². The zero-order chi connectivity index (χ0) is 32.5. The topological polar surface area (TPSA) is 49.8 Å². The minimum Gasteiger partial charge on any atom is -0.455 e. The van der Waals surface area contributed by atoms with E-state index in [-0.39, 0.29) is 0 Å². The fourth-order valence-electron chi connectivity index (χ4n) is 7.46. The number of ether oxygens (including phenoxy) is 1. The SMILES string of the molecule is Cn1c(-c2cccc(Oc3cc4c(c5ccccc5n4-c4ccccn4)c4c5ccccc5n(-c5ccccc5)c34)c2)nc2ccccc21. The van der Waals surface area contributed by atoms with Gasteiger partial charge >= 0.3 is 0 Å². The van der Waals surface area contributed by atoms with E-state index in [2.05, 4.69) is 130 Å². The summed E-state index contributed by atoms with van der Waals surface area (Å²) in [6, 6.07) is 52.5. The molecule has 0 aliphatic heterocycles. The Labute approximate surface area is 281 Å². The molecule has 4 aromatic heterocycles. The summed E-state index contributed by atoms with van der Waals surface area (Å²) in [6.45, 7) is 0. The number of hydrogen-bond acceptors (Lipinski definition) is 3. The molecule has 10 aromatic rings. The van der Waals surface area contributed by atoms with Gasteiger partial charge in [-0.15, -0.1) is 0 Å². The highest BCUT2D eigenvalue weighted by Gasteiger charge is 2.24. The lowest BCUT2D eigenvalue weighted by Crippen LogP contribution is -1.99. The summed E-state index contributed by atoms with van der Waals surface area (Å²) >= 11 is 0. The maximum atomic E-state index is 7.06. The number of fused-ring (bicyclic) bond motifs is 8. The average molecular weight is 632 g/mol. The largest absolute Gasteiger partial charge is 0.455 e. The number of aryl methyl sites for hydroxylation is 1. The van der Waals surface area contributed by atoms with Crippen molar-refractivity contribution in [1.29, 1.82) is 0 Å². The summed E-state index contributed by atoms with van der Waals surface area (Å²) in [4.78, 5) is 9.78. The fourth-order valence-corrected chi connectivity index (χ4v) is 7.46. The third kappa shape index (κ3) is 4.14. The Morgan fingerprint density at radius 1 is 0.551 bits per heavy atom. The Balaban J connectivity index is 1.30. The summed E-state index contributed by atoms with van der Waals surface area (Å²) in [7, 11) is 2.06. The van der Waals surface area contributed by atoms with Gasteiger partial charge in [0.2, 0.25) is 0 Å². The van der Waals surface area contributed by atoms with Crippen LogP contribution in [0.2, 0.25) is 0 Å². The van der Waals surface area contributed by atoms with Crippen molar-refractivity contribution in [2.75, 3.05) is 0 Å². The van der Waals surface area contributed by atoms with Crippen molar-refractivity contribution in [3.8, 4) is 34.4 Å². The molecule has 0 radical (unpaired) electrons. The monoisotopic (exact) mass is 631 g/mol. The van der Waals surface area contributed by atoms with Gasteiger partial charge in [0.15, 0.2) is 5.75 Å². The quantitative estimate of drug-likeness (QED) is 0.190. The van der Waals surface area contributed by atoms with Crippen LogP contribution in [0.5, 0.6) is 11.5 Å². The highest BCUT2D eigenvalue weighted by molar-refractivity contribution is 6.30. The number of aromatic nitrogens is 5. The van der Waals surface area contributed by atoms with Crippen molar-refractivity contribution >= 4 is 54.6 Å². The second kappa shape index (κ2) is 10.7. The van der Waals surface area contributed by atoms with Gasteiger partial charge in [-0.25, -0.2) is 9.97 Å². The van der Waals surface area contributed by atoms with E-state index in [9.17, 15) is 0 Å². The summed E-state index contributed by atoms with van der Waals surface area (Å²) in [6.07, 6.45) is 1.85. The van der Waals surface area contributed by atoms with Crippen molar-refractivity contribution in [2.45, 2.75) is 0 Å². The number of rotatable bonds is 5. The van der Waals surface area contributed by atoms with E-state index in [1.54, 1.807) is 0 Å². The predicted molar refractivity (Wildman–Crippen MR) is 199 cm³/mol. The Kier molecular flexibility index (Phi) is 5.99. The van der Waals surface area contributed by atoms with Crippen LogP contribution in [0.25, 0.3) is 77.5 Å². The molecule has 0 spiro atoms. The van der Waals surface area contributed by atoms with Crippen LogP contribution in [0, 0.1) is 0 Å². The van der Waals surface area contributed by atoms with Gasteiger partial charge in [-0.05, 0) is 60.7 Å². The number of pyridine rings is 1. The minimum absolute atomic E-state index is 0.732. The van der Waals surface area contributed by atoms with E-state index >= 15 is 0 Å². The molecule has 10 rings (SSSR count). The first kappa shape index (κ1) is 27.5. The van der Waals surface area contributed by atoms with Crippen LogP contribution in [0.1, 0.15) is 0 Å². The molecule has 4 heterocycles. The van der Waals surface area contributed by atoms with Crippen LogP contribution < -0.4 is 4.74 Å². The van der Waals surface area contributed by atoms with E-state index in [0.717, 1.165) is 78.3 Å². The van der Waals surface area contributed by atoms with Crippen LogP contribution in [0.3, 0.4) is 0 Å². The van der Waals surface area contributed by atoms with Crippen LogP contribution >= 0.6 is 0 Å². The standard InChI is InChI=1S/C43H29N5O/c1-46-36-23-10-7-20-33(36)45-43(46)28-14-13-17-30(26-28)49-38-27-37-40(31-18-5-9-22-35(31)48(37)39-24-11-12-25-44-39)41-32-19-6-8-21-34(32)47(42(38)41)29-15-3-2-4-16-29/h2-27H,1H3. The molecule has 0 aliphatic carbocycles. The molecule has 0 fully saturated rings. The molecule has 6 aromatic carbocycles. The van der Waals surface area contributed by atoms with Crippen molar-refractivity contribution < 1.29 is 4.74 Å². The Bertz CT molecular complexity index is 2860. The molecule has 0 aliphatic rings. The molecule has 0 amide bonds. The lowest BCUT2D eigenvalue weighted by Gasteiger charge is -2.14. The molecule has 0 saturated carbocycles. The molecule has 0 unspecified atom stereocenters. The zero-order valence-corrected chi connectivity index (χ0v) is 26.7. The summed E-state index contributed by atoms with van der Waals surface area (Å²) in [5, 5.41) is 4.64. The van der Waals surface area contributed by atoms with Gasteiger partial charge in [-0.3, -0.25) is 4.57 Å². The summed E-state index contributed by atoms with van der Waals surface area (Å²) in [5.74, 6) is 3.23. The van der Waals surface area contributed by atoms with Crippen LogP contribution in [-0.4, -0.2) is 23.7 Å². The zero-order valence-electron chi connectivity index (χ0n) is 26.7. The van der Waals surface area contributed by atoms with E-state index < -0.39 is 0 Å². The molecular formula is C43H29N5O. The van der Waals surface area contributed by atoms with Gasteiger partial charge in [-0.2, -0.15) is 0 Å². The first-order valence-electron chi connectivity index (χ1n) is 16.4. The molecule has 0 N–H and O–H groups in total. The molecule has 6 heteroatoms. The number of para-hydroxylation sites is 5. The van der Waals surface area contributed by atoms with E-state index in [0.29, 0.717) is 0 Å². The predicted octanol–water partition coefficient (Wildman–Crippen LogP) is 10.6. The normalized spacial score (nSPS) is 11.8. The van der Waals surface area contributed by atoms with Crippen molar-refractivity contribution in [1.82, 2.24) is 23.7 Å². The molecule has 6 nitrogen and oxygen atoms in total. The molecule has 49 heavy (non-hydrogen) atoms. The van der Waals surface area contributed by atoms with E-state index in [1.165, 1.54) is 10.8 Å².